The SMILES string of the molecule is CCNC(=NCC(=O)NC(C)(C)C)NCC(c1ccc(C)cc1)N1CCOCC1.I. The van der Waals surface area contributed by atoms with E-state index in [4.69, 9.17) is 4.74 Å². The summed E-state index contributed by atoms with van der Waals surface area (Å²) in [6, 6.07) is 8.90. The lowest BCUT2D eigenvalue weighted by atomic mass is 10.0. The van der Waals surface area contributed by atoms with Crippen LogP contribution in [0, 0.1) is 6.92 Å². The number of rotatable bonds is 7. The number of carbonyl (C=O) groups excluding carboxylic acids is 1. The Balaban J connectivity index is 0.00000450. The topological polar surface area (TPSA) is 78.0 Å². The van der Waals surface area contributed by atoms with Crippen molar-refractivity contribution in [2.24, 2.45) is 4.99 Å². The van der Waals surface area contributed by atoms with Crippen LogP contribution in [0.1, 0.15) is 44.9 Å². The minimum Gasteiger partial charge on any atom is -0.379 e. The smallest absolute Gasteiger partial charge is 0.242 e. The summed E-state index contributed by atoms with van der Waals surface area (Å²) in [4.78, 5) is 19.0. The second kappa shape index (κ2) is 13.1. The maximum atomic E-state index is 12.1. The highest BCUT2D eigenvalue weighted by Crippen LogP contribution is 2.21. The van der Waals surface area contributed by atoms with Gasteiger partial charge in [-0.2, -0.15) is 0 Å². The van der Waals surface area contributed by atoms with Crippen molar-refractivity contribution in [1.82, 2.24) is 20.9 Å². The molecule has 1 aromatic carbocycles. The fourth-order valence-electron chi connectivity index (χ4n) is 3.28. The molecule has 3 N–H and O–H groups in total. The zero-order valence-electron chi connectivity index (χ0n) is 19.0. The second-order valence-corrected chi connectivity index (χ2v) is 8.45. The molecule has 30 heavy (non-hydrogen) atoms. The normalized spacial score (nSPS) is 16.4. The van der Waals surface area contributed by atoms with Gasteiger partial charge in [0, 0.05) is 31.7 Å². The number of aryl methyl sites for hydroxylation is 1. The maximum Gasteiger partial charge on any atom is 0.242 e. The maximum absolute atomic E-state index is 12.1. The highest BCUT2D eigenvalue weighted by Gasteiger charge is 2.23. The van der Waals surface area contributed by atoms with Gasteiger partial charge >= 0.3 is 0 Å². The van der Waals surface area contributed by atoms with Crippen LogP contribution < -0.4 is 16.0 Å². The number of nitrogens with zero attached hydrogens (tertiary/aromatic N) is 2. The summed E-state index contributed by atoms with van der Waals surface area (Å²) >= 11 is 0. The summed E-state index contributed by atoms with van der Waals surface area (Å²) in [6.07, 6.45) is 0. The zero-order chi connectivity index (χ0) is 21.3. The number of nitrogens with one attached hydrogen (secondary N) is 3. The number of guanidine groups is 1. The van der Waals surface area contributed by atoms with Gasteiger partial charge in [-0.1, -0.05) is 29.8 Å². The van der Waals surface area contributed by atoms with Crippen LogP contribution >= 0.6 is 24.0 Å². The number of aliphatic imine (C=N–C) groups is 1. The van der Waals surface area contributed by atoms with Crippen molar-refractivity contribution in [3.05, 3.63) is 35.4 Å². The van der Waals surface area contributed by atoms with E-state index in [1.165, 1.54) is 11.1 Å². The highest BCUT2D eigenvalue weighted by molar-refractivity contribution is 14.0. The molecule has 1 saturated heterocycles. The molecule has 0 saturated carbocycles. The molecule has 0 spiro atoms. The minimum absolute atomic E-state index is 0. The van der Waals surface area contributed by atoms with Crippen LogP contribution in [0.4, 0.5) is 0 Å². The summed E-state index contributed by atoms with van der Waals surface area (Å²) in [6.45, 7) is 14.9. The van der Waals surface area contributed by atoms with Gasteiger partial charge in [-0.05, 0) is 40.2 Å². The standard InChI is InChI=1S/C22H37N5O2.HI/c1-6-23-21(25-16-20(28)26-22(3,4)5)24-15-19(27-11-13-29-14-12-27)18-9-7-17(2)8-10-18;/h7-10,19H,6,11-16H2,1-5H3,(H,26,28)(H2,23,24,25);1H. The Bertz CT molecular complexity index is 667. The molecule has 1 heterocycles. The first kappa shape index (κ1) is 26.6. The Kier molecular flexibility index (Phi) is 11.6. The molecular weight excluding hydrogens is 493 g/mol. The Labute approximate surface area is 198 Å². The number of amides is 1. The number of ether oxygens (including phenoxy) is 1. The van der Waals surface area contributed by atoms with Crippen LogP contribution in [0.5, 0.6) is 0 Å². The van der Waals surface area contributed by atoms with E-state index in [0.717, 1.165) is 32.8 Å². The monoisotopic (exact) mass is 531 g/mol. The summed E-state index contributed by atoms with van der Waals surface area (Å²) in [5, 5.41) is 9.60. The van der Waals surface area contributed by atoms with E-state index >= 15 is 0 Å². The first-order chi connectivity index (χ1) is 13.8. The van der Waals surface area contributed by atoms with Crippen molar-refractivity contribution >= 4 is 35.8 Å². The lowest BCUT2D eigenvalue weighted by molar-refractivity contribution is -0.121. The quantitative estimate of drug-likeness (QED) is 0.286. The van der Waals surface area contributed by atoms with E-state index in [0.29, 0.717) is 12.5 Å². The molecule has 0 aliphatic carbocycles. The molecule has 0 bridgehead atoms. The summed E-state index contributed by atoms with van der Waals surface area (Å²) in [5.41, 5.74) is 2.26. The first-order valence-electron chi connectivity index (χ1n) is 10.5. The van der Waals surface area contributed by atoms with Gasteiger partial charge < -0.3 is 20.7 Å². The van der Waals surface area contributed by atoms with Gasteiger partial charge in [0.25, 0.3) is 0 Å². The predicted octanol–water partition coefficient (Wildman–Crippen LogP) is 2.46. The molecule has 1 aliphatic heterocycles. The number of hydrogen-bond donors (Lipinski definition) is 3. The van der Waals surface area contributed by atoms with Gasteiger partial charge in [0.1, 0.15) is 6.54 Å². The molecule has 1 aliphatic rings. The predicted molar refractivity (Wildman–Crippen MR) is 134 cm³/mol. The van der Waals surface area contributed by atoms with Crippen molar-refractivity contribution in [1.29, 1.82) is 0 Å². The fourth-order valence-corrected chi connectivity index (χ4v) is 3.28. The van der Waals surface area contributed by atoms with Crippen molar-refractivity contribution < 1.29 is 9.53 Å². The molecule has 7 nitrogen and oxygen atoms in total. The number of carbonyl (C=O) groups is 1. The second-order valence-electron chi connectivity index (χ2n) is 8.45. The van der Waals surface area contributed by atoms with Gasteiger partial charge in [-0.15, -0.1) is 24.0 Å². The van der Waals surface area contributed by atoms with Crippen molar-refractivity contribution in [2.45, 2.75) is 46.2 Å². The van der Waals surface area contributed by atoms with Crippen LogP contribution in [0.2, 0.25) is 0 Å². The fraction of sp³-hybridized carbons (Fsp3) is 0.636. The van der Waals surface area contributed by atoms with Gasteiger partial charge in [0.15, 0.2) is 5.96 Å². The summed E-state index contributed by atoms with van der Waals surface area (Å²) in [5.74, 6) is 0.569. The number of benzene rings is 1. The number of halogens is 1. The molecule has 1 unspecified atom stereocenters. The Hall–Kier alpha value is -1.39. The van der Waals surface area contributed by atoms with E-state index in [1.54, 1.807) is 0 Å². The zero-order valence-corrected chi connectivity index (χ0v) is 21.3. The lowest BCUT2D eigenvalue weighted by Crippen LogP contribution is -2.47. The Morgan fingerprint density at radius 2 is 1.80 bits per heavy atom. The summed E-state index contributed by atoms with van der Waals surface area (Å²) in [7, 11) is 0. The van der Waals surface area contributed by atoms with E-state index in [9.17, 15) is 4.79 Å². The third kappa shape index (κ3) is 9.61. The van der Waals surface area contributed by atoms with Crippen LogP contribution in [-0.2, 0) is 9.53 Å². The Morgan fingerprint density at radius 1 is 1.17 bits per heavy atom. The molecule has 0 aromatic heterocycles. The van der Waals surface area contributed by atoms with Gasteiger partial charge in [-0.3, -0.25) is 9.69 Å². The van der Waals surface area contributed by atoms with Crippen LogP contribution in [0.3, 0.4) is 0 Å². The molecule has 1 aromatic rings. The van der Waals surface area contributed by atoms with Crippen LogP contribution in [0.15, 0.2) is 29.3 Å². The van der Waals surface area contributed by atoms with Gasteiger partial charge in [0.2, 0.25) is 5.91 Å². The molecule has 0 radical (unpaired) electrons. The number of morpholine rings is 1. The van der Waals surface area contributed by atoms with Gasteiger partial charge in [0.05, 0.1) is 19.3 Å². The average Bonchev–Trinajstić information content (AvgIpc) is 2.67. The minimum atomic E-state index is -0.259. The molecular formula is C22H38IN5O2. The molecule has 170 valence electrons. The first-order valence-corrected chi connectivity index (χ1v) is 10.5. The number of hydrogen-bond acceptors (Lipinski definition) is 4. The van der Waals surface area contributed by atoms with Crippen molar-refractivity contribution in [2.75, 3.05) is 45.9 Å². The largest absolute Gasteiger partial charge is 0.379 e. The lowest BCUT2D eigenvalue weighted by Gasteiger charge is -2.35. The average molecular weight is 531 g/mol. The highest BCUT2D eigenvalue weighted by atomic mass is 127. The van der Waals surface area contributed by atoms with E-state index in [2.05, 4.69) is 57.0 Å². The summed E-state index contributed by atoms with van der Waals surface area (Å²) < 4.78 is 5.53. The third-order valence-corrected chi connectivity index (χ3v) is 4.65. The van der Waals surface area contributed by atoms with Gasteiger partial charge in [-0.25, -0.2) is 4.99 Å². The molecule has 2 rings (SSSR count). The molecule has 1 fully saturated rings. The molecule has 1 atom stereocenters. The molecule has 8 heteroatoms. The van der Waals surface area contributed by atoms with E-state index in [-0.39, 0.29) is 48.0 Å². The Morgan fingerprint density at radius 3 is 2.37 bits per heavy atom. The van der Waals surface area contributed by atoms with Crippen LogP contribution in [-0.4, -0.2) is 68.2 Å². The van der Waals surface area contributed by atoms with Crippen molar-refractivity contribution in [3.63, 3.8) is 0 Å². The van der Waals surface area contributed by atoms with Crippen molar-refractivity contribution in [3.8, 4) is 0 Å². The van der Waals surface area contributed by atoms with E-state index < -0.39 is 0 Å². The van der Waals surface area contributed by atoms with E-state index in [1.807, 2.05) is 27.7 Å². The van der Waals surface area contributed by atoms with Crippen LogP contribution in [0.25, 0.3) is 0 Å². The molecule has 1 amide bonds. The third-order valence-electron chi connectivity index (χ3n) is 4.65.